The molecule has 4 nitrogen and oxygen atoms in total. The molecule has 0 atom stereocenters. The molecule has 0 saturated carbocycles. The van der Waals surface area contributed by atoms with Gasteiger partial charge in [0.05, 0.1) is 0 Å². The van der Waals surface area contributed by atoms with Crippen molar-refractivity contribution in [3.63, 3.8) is 0 Å². The van der Waals surface area contributed by atoms with Crippen molar-refractivity contribution in [3.8, 4) is 0 Å². The van der Waals surface area contributed by atoms with E-state index >= 15 is 0 Å². The summed E-state index contributed by atoms with van der Waals surface area (Å²) in [7, 11) is 0. The fourth-order valence-corrected chi connectivity index (χ4v) is 2.16. The van der Waals surface area contributed by atoms with E-state index in [0.717, 1.165) is 27.8 Å². The van der Waals surface area contributed by atoms with Crippen LogP contribution in [0.15, 0.2) is 42.6 Å². The monoisotopic (exact) mass is 265 g/mol. The zero-order valence-corrected chi connectivity index (χ0v) is 11.4. The lowest BCUT2D eigenvalue weighted by atomic mass is 10.1. The van der Waals surface area contributed by atoms with Crippen molar-refractivity contribution < 1.29 is 4.79 Å². The minimum absolute atomic E-state index is 0.156. The van der Waals surface area contributed by atoms with Gasteiger partial charge in [0.1, 0.15) is 11.3 Å². The second kappa shape index (κ2) is 4.81. The lowest BCUT2D eigenvalue weighted by molar-refractivity contribution is 0.102. The second-order valence-electron chi connectivity index (χ2n) is 4.83. The van der Waals surface area contributed by atoms with Gasteiger partial charge in [0, 0.05) is 17.3 Å². The Balaban J connectivity index is 1.91. The van der Waals surface area contributed by atoms with E-state index in [9.17, 15) is 4.79 Å². The van der Waals surface area contributed by atoms with E-state index in [1.54, 1.807) is 6.20 Å². The molecule has 3 rings (SSSR count). The normalized spacial score (nSPS) is 10.7. The molecule has 0 bridgehead atoms. The van der Waals surface area contributed by atoms with Gasteiger partial charge in [0.15, 0.2) is 0 Å². The second-order valence-corrected chi connectivity index (χ2v) is 4.83. The summed E-state index contributed by atoms with van der Waals surface area (Å²) >= 11 is 0. The smallest absolute Gasteiger partial charge is 0.272 e. The summed E-state index contributed by atoms with van der Waals surface area (Å²) in [6, 6.07) is 11.4. The Labute approximate surface area is 116 Å². The molecule has 2 heterocycles. The van der Waals surface area contributed by atoms with Gasteiger partial charge in [-0.25, -0.2) is 4.98 Å². The van der Waals surface area contributed by atoms with E-state index in [0.29, 0.717) is 5.69 Å². The Kier molecular flexibility index (Phi) is 2.99. The van der Waals surface area contributed by atoms with E-state index in [1.165, 1.54) is 0 Å². The van der Waals surface area contributed by atoms with Crippen LogP contribution in [0.3, 0.4) is 0 Å². The summed E-state index contributed by atoms with van der Waals surface area (Å²) in [5.74, 6) is -0.156. The van der Waals surface area contributed by atoms with Crippen molar-refractivity contribution in [2.45, 2.75) is 13.8 Å². The van der Waals surface area contributed by atoms with Gasteiger partial charge in [-0.3, -0.25) is 4.79 Å². The zero-order chi connectivity index (χ0) is 14.1. The maximum Gasteiger partial charge on any atom is 0.272 e. The number of rotatable bonds is 2. The molecule has 0 aliphatic rings. The van der Waals surface area contributed by atoms with Crippen molar-refractivity contribution >= 4 is 22.6 Å². The number of H-pyrrole nitrogens is 1. The van der Waals surface area contributed by atoms with E-state index in [4.69, 9.17) is 0 Å². The fourth-order valence-electron chi connectivity index (χ4n) is 2.16. The highest BCUT2D eigenvalue weighted by molar-refractivity contribution is 6.05. The van der Waals surface area contributed by atoms with E-state index < -0.39 is 0 Å². The number of aromatic amines is 1. The molecular weight excluding hydrogens is 250 g/mol. The largest absolute Gasteiger partial charge is 0.335 e. The minimum Gasteiger partial charge on any atom is -0.335 e. The van der Waals surface area contributed by atoms with Gasteiger partial charge in [-0.2, -0.15) is 0 Å². The van der Waals surface area contributed by atoms with Crippen LogP contribution in [0.1, 0.15) is 21.6 Å². The average molecular weight is 265 g/mol. The highest BCUT2D eigenvalue weighted by Crippen LogP contribution is 2.19. The third-order valence-corrected chi connectivity index (χ3v) is 3.49. The Morgan fingerprint density at radius 3 is 2.85 bits per heavy atom. The maximum absolute atomic E-state index is 12.3. The van der Waals surface area contributed by atoms with Crippen LogP contribution in [0, 0.1) is 13.8 Å². The number of carbonyl (C=O) groups excluding carboxylic acids is 1. The van der Waals surface area contributed by atoms with Gasteiger partial charge < -0.3 is 10.3 Å². The van der Waals surface area contributed by atoms with Crippen molar-refractivity contribution in [2.75, 3.05) is 5.32 Å². The van der Waals surface area contributed by atoms with E-state index in [-0.39, 0.29) is 5.91 Å². The number of nitrogens with zero attached hydrogens (tertiary/aromatic N) is 1. The summed E-state index contributed by atoms with van der Waals surface area (Å²) < 4.78 is 0. The Morgan fingerprint density at radius 2 is 2.05 bits per heavy atom. The molecule has 100 valence electrons. The summed E-state index contributed by atoms with van der Waals surface area (Å²) in [6.07, 6.45) is 1.70. The molecule has 0 radical (unpaired) electrons. The lowest BCUT2D eigenvalue weighted by Crippen LogP contribution is -2.13. The third-order valence-electron chi connectivity index (χ3n) is 3.49. The van der Waals surface area contributed by atoms with Crippen LogP contribution in [0.4, 0.5) is 5.69 Å². The molecule has 3 aromatic rings. The first-order valence-corrected chi connectivity index (χ1v) is 6.46. The van der Waals surface area contributed by atoms with Crippen LogP contribution in [0.5, 0.6) is 0 Å². The number of amides is 1. The van der Waals surface area contributed by atoms with Crippen LogP contribution in [0.2, 0.25) is 0 Å². The predicted octanol–water partition coefficient (Wildman–Crippen LogP) is 3.43. The Hall–Kier alpha value is -2.62. The summed E-state index contributed by atoms with van der Waals surface area (Å²) in [5, 5.41) is 3.86. The number of aromatic nitrogens is 2. The number of nitrogens with one attached hydrogen (secondary N) is 2. The van der Waals surface area contributed by atoms with Crippen LogP contribution in [0.25, 0.3) is 11.0 Å². The summed E-state index contributed by atoms with van der Waals surface area (Å²) in [6.45, 7) is 4.02. The number of benzene rings is 1. The molecule has 0 unspecified atom stereocenters. The molecule has 2 N–H and O–H groups in total. The predicted molar refractivity (Wildman–Crippen MR) is 80.0 cm³/mol. The van der Waals surface area contributed by atoms with Gasteiger partial charge in [-0.15, -0.1) is 0 Å². The van der Waals surface area contributed by atoms with Gasteiger partial charge in [0.2, 0.25) is 0 Å². The topological polar surface area (TPSA) is 57.8 Å². The SMILES string of the molecule is Cc1cccc(NC(=O)c2cc3cccnc3[nH]2)c1C. The minimum atomic E-state index is -0.156. The highest BCUT2D eigenvalue weighted by atomic mass is 16.1. The van der Waals surface area contributed by atoms with Crippen LogP contribution >= 0.6 is 0 Å². The molecule has 0 fully saturated rings. The van der Waals surface area contributed by atoms with Crippen LogP contribution in [-0.4, -0.2) is 15.9 Å². The van der Waals surface area contributed by atoms with Crippen LogP contribution < -0.4 is 5.32 Å². The number of carbonyl (C=O) groups is 1. The van der Waals surface area contributed by atoms with E-state index in [2.05, 4.69) is 15.3 Å². The number of hydrogen-bond acceptors (Lipinski definition) is 2. The zero-order valence-electron chi connectivity index (χ0n) is 11.4. The molecule has 4 heteroatoms. The number of fused-ring (bicyclic) bond motifs is 1. The van der Waals surface area contributed by atoms with Crippen molar-refractivity contribution in [1.82, 2.24) is 9.97 Å². The average Bonchev–Trinajstić information content (AvgIpc) is 2.88. The maximum atomic E-state index is 12.3. The Bertz CT molecular complexity index is 756. The van der Waals surface area contributed by atoms with E-state index in [1.807, 2.05) is 50.2 Å². The highest BCUT2D eigenvalue weighted by Gasteiger charge is 2.11. The molecule has 0 aliphatic heterocycles. The molecule has 0 saturated heterocycles. The molecule has 20 heavy (non-hydrogen) atoms. The number of hydrogen-bond donors (Lipinski definition) is 2. The van der Waals surface area contributed by atoms with Crippen molar-refractivity contribution in [1.29, 1.82) is 0 Å². The summed E-state index contributed by atoms with van der Waals surface area (Å²) in [4.78, 5) is 19.5. The first kappa shape index (κ1) is 12.4. The number of pyridine rings is 1. The molecule has 0 aliphatic carbocycles. The molecule has 1 aromatic carbocycles. The molecular formula is C16H15N3O. The van der Waals surface area contributed by atoms with Gasteiger partial charge in [0.25, 0.3) is 5.91 Å². The first-order chi connectivity index (χ1) is 9.65. The molecule has 0 spiro atoms. The van der Waals surface area contributed by atoms with Crippen molar-refractivity contribution in [2.24, 2.45) is 0 Å². The first-order valence-electron chi connectivity index (χ1n) is 6.46. The van der Waals surface area contributed by atoms with Crippen molar-refractivity contribution in [3.05, 3.63) is 59.4 Å². The quantitative estimate of drug-likeness (QED) is 0.745. The number of anilines is 1. The van der Waals surface area contributed by atoms with Gasteiger partial charge in [-0.05, 0) is 49.2 Å². The van der Waals surface area contributed by atoms with Gasteiger partial charge in [-0.1, -0.05) is 12.1 Å². The molecule has 1 amide bonds. The molecule has 2 aromatic heterocycles. The summed E-state index contributed by atoms with van der Waals surface area (Å²) in [5.41, 5.74) is 4.30. The number of aryl methyl sites for hydroxylation is 1. The van der Waals surface area contributed by atoms with Crippen LogP contribution in [-0.2, 0) is 0 Å². The standard InChI is InChI=1S/C16H15N3O/c1-10-5-3-7-13(11(10)2)19-16(20)14-9-12-6-4-8-17-15(12)18-14/h3-9H,1-2H3,(H,17,18)(H,19,20). The fraction of sp³-hybridized carbons (Fsp3) is 0.125. The lowest BCUT2D eigenvalue weighted by Gasteiger charge is -2.09. The Morgan fingerprint density at radius 1 is 1.20 bits per heavy atom. The van der Waals surface area contributed by atoms with Gasteiger partial charge >= 0.3 is 0 Å². The third kappa shape index (κ3) is 2.16.